The van der Waals surface area contributed by atoms with Gasteiger partial charge in [-0.3, -0.25) is 14.3 Å². The summed E-state index contributed by atoms with van der Waals surface area (Å²) in [6.07, 6.45) is 3.25. The Balaban J connectivity index is 1.80. The van der Waals surface area contributed by atoms with E-state index in [9.17, 15) is 9.59 Å². The molecule has 0 saturated carbocycles. The molecule has 1 unspecified atom stereocenters. The lowest BCUT2D eigenvalue weighted by molar-refractivity contribution is -0.122. The van der Waals surface area contributed by atoms with E-state index in [1.54, 1.807) is 13.3 Å². The monoisotopic (exact) mass is 345 g/mol. The van der Waals surface area contributed by atoms with Crippen LogP contribution in [0.25, 0.3) is 0 Å². The van der Waals surface area contributed by atoms with Crippen molar-refractivity contribution >= 4 is 17.5 Å². The van der Waals surface area contributed by atoms with Crippen molar-refractivity contribution in [3.05, 3.63) is 48.3 Å². The Bertz CT molecular complexity index is 687. The third kappa shape index (κ3) is 6.36. The molecule has 25 heavy (non-hydrogen) atoms. The van der Waals surface area contributed by atoms with Crippen LogP contribution >= 0.6 is 0 Å². The van der Waals surface area contributed by atoms with Gasteiger partial charge < -0.3 is 21.1 Å². The molecular weight excluding hydrogens is 322 g/mol. The summed E-state index contributed by atoms with van der Waals surface area (Å²) < 4.78 is 6.31. The predicted octanol–water partition coefficient (Wildman–Crippen LogP) is 0.674. The van der Waals surface area contributed by atoms with Gasteiger partial charge in [0, 0.05) is 32.3 Å². The Morgan fingerprint density at radius 3 is 2.76 bits per heavy atom. The summed E-state index contributed by atoms with van der Waals surface area (Å²) >= 11 is 0. The lowest BCUT2D eigenvalue weighted by atomic mass is 10.0. The highest BCUT2D eigenvalue weighted by Crippen LogP contribution is 2.14. The summed E-state index contributed by atoms with van der Waals surface area (Å²) in [7, 11) is 1.57. The van der Waals surface area contributed by atoms with Crippen LogP contribution in [0, 0.1) is 0 Å². The number of nitrogens with zero attached hydrogens (tertiary/aromatic N) is 2. The Kier molecular flexibility index (Phi) is 7.12. The van der Waals surface area contributed by atoms with Gasteiger partial charge in [0.1, 0.15) is 6.54 Å². The molecule has 8 heteroatoms. The molecule has 1 heterocycles. The maximum absolute atomic E-state index is 12.1. The quantitative estimate of drug-likeness (QED) is 0.579. The van der Waals surface area contributed by atoms with Crippen LogP contribution < -0.4 is 16.4 Å². The van der Waals surface area contributed by atoms with E-state index in [1.165, 1.54) is 10.9 Å². The van der Waals surface area contributed by atoms with Gasteiger partial charge in [-0.1, -0.05) is 30.3 Å². The van der Waals surface area contributed by atoms with Crippen LogP contribution in [0.5, 0.6) is 0 Å². The van der Waals surface area contributed by atoms with Crippen molar-refractivity contribution in [3.8, 4) is 0 Å². The molecule has 134 valence electrons. The van der Waals surface area contributed by atoms with Gasteiger partial charge >= 0.3 is 0 Å². The first-order chi connectivity index (χ1) is 12.1. The van der Waals surface area contributed by atoms with Gasteiger partial charge in [-0.05, 0) is 5.56 Å². The van der Waals surface area contributed by atoms with Gasteiger partial charge in [0.2, 0.25) is 11.8 Å². The first-order valence-corrected chi connectivity index (χ1v) is 7.97. The summed E-state index contributed by atoms with van der Waals surface area (Å²) in [5.74, 6) is -0.385. The smallest absolute Gasteiger partial charge is 0.241 e. The molecule has 1 aromatic carbocycles. The normalized spacial score (nSPS) is 11.8. The molecule has 0 aliphatic rings. The number of ether oxygens (including phenoxy) is 1. The van der Waals surface area contributed by atoms with E-state index in [2.05, 4.69) is 15.7 Å². The summed E-state index contributed by atoms with van der Waals surface area (Å²) in [6.45, 7) is 0.967. The molecule has 0 fully saturated rings. The Hall–Kier alpha value is -2.71. The fourth-order valence-corrected chi connectivity index (χ4v) is 2.24. The van der Waals surface area contributed by atoms with Crippen molar-refractivity contribution in [1.29, 1.82) is 0 Å². The maximum Gasteiger partial charge on any atom is 0.241 e. The summed E-state index contributed by atoms with van der Waals surface area (Å²) in [6, 6.07) is 9.07. The highest BCUT2D eigenvalue weighted by Gasteiger charge is 2.12. The molecule has 0 aliphatic carbocycles. The van der Waals surface area contributed by atoms with Crippen molar-refractivity contribution in [2.45, 2.75) is 19.0 Å². The van der Waals surface area contributed by atoms with Crippen LogP contribution in [-0.2, 0) is 20.9 Å². The summed E-state index contributed by atoms with van der Waals surface area (Å²) in [5, 5.41) is 9.49. The highest BCUT2D eigenvalue weighted by molar-refractivity contribution is 5.91. The number of carbonyl (C=O) groups is 2. The average Bonchev–Trinajstić information content (AvgIpc) is 3.02. The fourth-order valence-electron chi connectivity index (χ4n) is 2.24. The molecule has 0 spiro atoms. The maximum atomic E-state index is 12.1. The Morgan fingerprint density at radius 2 is 2.04 bits per heavy atom. The zero-order valence-electron chi connectivity index (χ0n) is 14.1. The van der Waals surface area contributed by atoms with Crippen LogP contribution in [0.15, 0.2) is 42.7 Å². The van der Waals surface area contributed by atoms with Gasteiger partial charge in [-0.15, -0.1) is 0 Å². The van der Waals surface area contributed by atoms with Gasteiger partial charge in [-0.25, -0.2) is 0 Å². The largest absolute Gasteiger partial charge is 0.383 e. The van der Waals surface area contributed by atoms with Gasteiger partial charge in [0.15, 0.2) is 0 Å². The number of aromatic nitrogens is 2. The second kappa shape index (κ2) is 9.55. The van der Waals surface area contributed by atoms with E-state index in [-0.39, 0.29) is 30.8 Å². The molecule has 2 rings (SSSR count). The van der Waals surface area contributed by atoms with Gasteiger partial charge in [0.25, 0.3) is 0 Å². The van der Waals surface area contributed by atoms with Crippen molar-refractivity contribution < 1.29 is 14.3 Å². The van der Waals surface area contributed by atoms with Crippen LogP contribution in [0.3, 0.4) is 0 Å². The van der Waals surface area contributed by atoms with E-state index in [0.29, 0.717) is 18.8 Å². The zero-order chi connectivity index (χ0) is 18.1. The molecular formula is C17H23N5O3. The second-order valence-corrected chi connectivity index (χ2v) is 5.54. The molecule has 2 amide bonds. The standard InChI is InChI=1S/C17H23N5O3/c1-25-8-7-19-17(24)12-22-11-14(10-20-22)21-16(23)9-15(18)13-5-3-2-4-6-13/h2-6,10-11,15H,7-9,12,18H2,1H3,(H,19,24)(H,21,23). The van der Waals surface area contributed by atoms with E-state index < -0.39 is 0 Å². The summed E-state index contributed by atoms with van der Waals surface area (Å²) in [5.41, 5.74) is 7.46. The van der Waals surface area contributed by atoms with Crippen LogP contribution in [0.1, 0.15) is 18.0 Å². The average molecular weight is 345 g/mol. The minimum atomic E-state index is -0.372. The van der Waals surface area contributed by atoms with Crippen molar-refractivity contribution in [2.75, 3.05) is 25.6 Å². The number of nitrogens with one attached hydrogen (secondary N) is 2. The number of amides is 2. The third-order valence-electron chi connectivity index (χ3n) is 3.48. The van der Waals surface area contributed by atoms with E-state index in [4.69, 9.17) is 10.5 Å². The van der Waals surface area contributed by atoms with Crippen LogP contribution in [0.4, 0.5) is 5.69 Å². The SMILES string of the molecule is COCCNC(=O)Cn1cc(NC(=O)CC(N)c2ccccc2)cn1. The molecule has 0 radical (unpaired) electrons. The topological polar surface area (TPSA) is 111 Å². The second-order valence-electron chi connectivity index (χ2n) is 5.54. The minimum Gasteiger partial charge on any atom is -0.383 e. The molecule has 0 aliphatic heterocycles. The number of hydrogen-bond donors (Lipinski definition) is 3. The lowest BCUT2D eigenvalue weighted by Crippen LogP contribution is -2.30. The van der Waals surface area contributed by atoms with Gasteiger partial charge in [-0.2, -0.15) is 5.10 Å². The predicted molar refractivity (Wildman–Crippen MR) is 93.7 cm³/mol. The van der Waals surface area contributed by atoms with Crippen molar-refractivity contribution in [1.82, 2.24) is 15.1 Å². The van der Waals surface area contributed by atoms with Crippen molar-refractivity contribution in [2.24, 2.45) is 5.73 Å². The number of methoxy groups -OCH3 is 1. The lowest BCUT2D eigenvalue weighted by Gasteiger charge is -2.11. The zero-order valence-corrected chi connectivity index (χ0v) is 14.1. The van der Waals surface area contributed by atoms with E-state index >= 15 is 0 Å². The first-order valence-electron chi connectivity index (χ1n) is 7.97. The highest BCUT2D eigenvalue weighted by atomic mass is 16.5. The van der Waals surface area contributed by atoms with Crippen molar-refractivity contribution in [3.63, 3.8) is 0 Å². The number of nitrogens with two attached hydrogens (primary N) is 1. The molecule has 1 atom stereocenters. The molecule has 8 nitrogen and oxygen atoms in total. The molecule has 1 aromatic heterocycles. The number of carbonyl (C=O) groups excluding carboxylic acids is 2. The number of benzene rings is 1. The number of anilines is 1. The number of hydrogen-bond acceptors (Lipinski definition) is 5. The van der Waals surface area contributed by atoms with E-state index in [1.807, 2.05) is 30.3 Å². The molecule has 0 bridgehead atoms. The van der Waals surface area contributed by atoms with E-state index in [0.717, 1.165) is 5.56 Å². The molecule has 0 saturated heterocycles. The van der Waals surface area contributed by atoms with Gasteiger partial charge in [0.05, 0.1) is 18.5 Å². The summed E-state index contributed by atoms with van der Waals surface area (Å²) in [4.78, 5) is 23.8. The minimum absolute atomic E-state index is 0.0725. The Morgan fingerprint density at radius 1 is 1.28 bits per heavy atom. The molecule has 4 N–H and O–H groups in total. The third-order valence-corrected chi connectivity index (χ3v) is 3.48. The fraction of sp³-hybridized carbons (Fsp3) is 0.353. The number of rotatable bonds is 9. The van der Waals surface area contributed by atoms with Crippen LogP contribution in [0.2, 0.25) is 0 Å². The Labute approximate surface area is 146 Å². The first kappa shape index (κ1) is 18.6. The molecule has 2 aromatic rings. The van der Waals surface area contributed by atoms with Crippen LogP contribution in [-0.4, -0.2) is 41.9 Å².